The molecule has 0 radical (unpaired) electrons. The minimum atomic E-state index is -0.853. The molecule has 0 spiro atoms. The Kier molecular flexibility index (Phi) is 4.54. The van der Waals surface area contributed by atoms with Crippen LogP contribution in [0.2, 0.25) is 0 Å². The number of methoxy groups -OCH3 is 1. The van der Waals surface area contributed by atoms with Gasteiger partial charge in [-0.3, -0.25) is 0 Å². The van der Waals surface area contributed by atoms with Gasteiger partial charge >= 0.3 is 0 Å². The van der Waals surface area contributed by atoms with Crippen molar-refractivity contribution in [2.75, 3.05) is 7.11 Å². The van der Waals surface area contributed by atoms with Gasteiger partial charge in [0.05, 0.1) is 5.92 Å². The van der Waals surface area contributed by atoms with E-state index in [0.717, 1.165) is 0 Å². The van der Waals surface area contributed by atoms with Crippen molar-refractivity contribution in [1.29, 1.82) is 0 Å². The van der Waals surface area contributed by atoms with Crippen molar-refractivity contribution < 1.29 is 19.1 Å². The summed E-state index contributed by atoms with van der Waals surface area (Å²) in [5, 5.41) is 0. The second kappa shape index (κ2) is 5.92. The van der Waals surface area contributed by atoms with Crippen LogP contribution in [0.5, 0.6) is 0 Å². The summed E-state index contributed by atoms with van der Waals surface area (Å²) < 4.78 is 4.97. The van der Waals surface area contributed by atoms with E-state index < -0.39 is 12.0 Å². The van der Waals surface area contributed by atoms with Crippen LogP contribution in [0, 0.1) is 0 Å². The lowest BCUT2D eigenvalue weighted by Crippen LogP contribution is -2.11. The highest BCUT2D eigenvalue weighted by Crippen LogP contribution is 2.24. The molecule has 1 unspecified atom stereocenters. The summed E-state index contributed by atoms with van der Waals surface area (Å²) in [6.45, 7) is 0. The molecule has 0 saturated heterocycles. The molecular formula is C12H12O4. The third-order valence-electron chi connectivity index (χ3n) is 2.33. The lowest BCUT2D eigenvalue weighted by molar-refractivity contribution is -0.118. The predicted molar refractivity (Wildman–Crippen MR) is 57.1 cm³/mol. The Balaban J connectivity index is 3.22. The zero-order valence-corrected chi connectivity index (χ0v) is 8.83. The van der Waals surface area contributed by atoms with Crippen LogP contribution in [-0.4, -0.2) is 26.0 Å². The van der Waals surface area contributed by atoms with E-state index in [0.29, 0.717) is 30.0 Å². The maximum absolute atomic E-state index is 10.8. The second-order valence-electron chi connectivity index (χ2n) is 3.22. The number of hydrogen-bond acceptors (Lipinski definition) is 4. The normalized spacial score (nSPS) is 12.1. The summed E-state index contributed by atoms with van der Waals surface area (Å²) in [7, 11) is 1.40. The van der Waals surface area contributed by atoms with Gasteiger partial charge in [-0.1, -0.05) is 24.3 Å². The zero-order chi connectivity index (χ0) is 12.0. The summed E-state index contributed by atoms with van der Waals surface area (Å²) in [6, 6.07) is 6.73. The number of rotatable bonds is 6. The Bertz CT molecular complexity index is 378. The van der Waals surface area contributed by atoms with Gasteiger partial charge in [0.2, 0.25) is 0 Å². The lowest BCUT2D eigenvalue weighted by Gasteiger charge is -2.15. The van der Waals surface area contributed by atoms with Crippen molar-refractivity contribution >= 4 is 18.9 Å². The van der Waals surface area contributed by atoms with Crippen LogP contribution >= 0.6 is 0 Å². The quantitative estimate of drug-likeness (QED) is 0.531. The molecule has 0 fully saturated rings. The number of carbonyl (C=O) groups is 3. The van der Waals surface area contributed by atoms with Crippen molar-refractivity contribution in [2.45, 2.75) is 12.0 Å². The molecule has 0 aliphatic heterocycles. The van der Waals surface area contributed by atoms with E-state index >= 15 is 0 Å². The molecule has 0 aliphatic carbocycles. The Morgan fingerprint density at radius 2 is 1.56 bits per heavy atom. The monoisotopic (exact) mass is 220 g/mol. The Hall–Kier alpha value is -1.81. The molecule has 4 heteroatoms. The van der Waals surface area contributed by atoms with E-state index in [4.69, 9.17) is 4.74 Å². The van der Waals surface area contributed by atoms with Crippen molar-refractivity contribution in [3.8, 4) is 0 Å². The van der Waals surface area contributed by atoms with Crippen LogP contribution in [-0.2, 0) is 19.1 Å². The average molecular weight is 220 g/mol. The van der Waals surface area contributed by atoms with Crippen LogP contribution in [0.4, 0.5) is 0 Å². The smallest absolute Gasteiger partial charge is 0.153 e. The fourth-order valence-electron chi connectivity index (χ4n) is 1.51. The molecule has 0 amide bonds. The lowest BCUT2D eigenvalue weighted by atomic mass is 9.94. The summed E-state index contributed by atoms with van der Waals surface area (Å²) >= 11 is 0. The molecule has 1 rings (SSSR count). The van der Waals surface area contributed by atoms with Crippen LogP contribution in [0.1, 0.15) is 23.1 Å². The third kappa shape index (κ3) is 2.41. The topological polar surface area (TPSA) is 60.4 Å². The van der Waals surface area contributed by atoms with E-state index in [9.17, 15) is 14.4 Å². The molecule has 0 aliphatic rings. The molecule has 16 heavy (non-hydrogen) atoms. The predicted octanol–water partition coefficient (Wildman–Crippen LogP) is 1.05. The van der Waals surface area contributed by atoms with Crippen LogP contribution in [0.25, 0.3) is 0 Å². The highest BCUT2D eigenvalue weighted by atomic mass is 16.5. The molecule has 1 aromatic carbocycles. The molecule has 84 valence electrons. The zero-order valence-electron chi connectivity index (χ0n) is 8.83. The Morgan fingerprint density at radius 1 is 1.00 bits per heavy atom. The molecule has 4 nitrogen and oxygen atoms in total. The highest BCUT2D eigenvalue weighted by Gasteiger charge is 2.19. The molecule has 0 saturated carbocycles. The second-order valence-corrected chi connectivity index (χ2v) is 3.22. The SMILES string of the molecule is COC(C=O)c1ccccc1C(C=O)C=O. The van der Waals surface area contributed by atoms with Crippen molar-refractivity contribution in [3.05, 3.63) is 35.4 Å². The van der Waals surface area contributed by atoms with E-state index in [1.165, 1.54) is 7.11 Å². The Labute approximate surface area is 93.2 Å². The number of benzene rings is 1. The fraction of sp³-hybridized carbons (Fsp3) is 0.250. The summed E-state index contributed by atoms with van der Waals surface area (Å²) in [4.78, 5) is 32.2. The van der Waals surface area contributed by atoms with Gasteiger partial charge in [0, 0.05) is 7.11 Å². The maximum atomic E-state index is 10.8. The van der Waals surface area contributed by atoms with Gasteiger partial charge in [-0.25, -0.2) is 0 Å². The van der Waals surface area contributed by atoms with Crippen molar-refractivity contribution in [3.63, 3.8) is 0 Å². The first-order valence-corrected chi connectivity index (χ1v) is 4.76. The van der Waals surface area contributed by atoms with Crippen LogP contribution < -0.4 is 0 Å². The minimum absolute atomic E-state index is 0.506. The standard InChI is InChI=1S/C12H12O4/c1-16-12(8-15)11-5-3-2-4-10(11)9(6-13)7-14/h2-9,12H,1H3. The summed E-state index contributed by atoms with van der Waals surface area (Å²) in [5.41, 5.74) is 1.05. The van der Waals surface area contributed by atoms with E-state index in [1.54, 1.807) is 24.3 Å². The van der Waals surface area contributed by atoms with Crippen LogP contribution in [0.3, 0.4) is 0 Å². The van der Waals surface area contributed by atoms with E-state index in [2.05, 4.69) is 0 Å². The fourth-order valence-corrected chi connectivity index (χ4v) is 1.51. The number of aldehydes is 3. The molecule has 1 aromatic rings. The third-order valence-corrected chi connectivity index (χ3v) is 2.33. The summed E-state index contributed by atoms with van der Waals surface area (Å²) in [6.07, 6.45) is 0.969. The number of hydrogen-bond donors (Lipinski definition) is 0. The van der Waals surface area contributed by atoms with Gasteiger partial charge in [-0.2, -0.15) is 0 Å². The van der Waals surface area contributed by atoms with Crippen molar-refractivity contribution in [2.24, 2.45) is 0 Å². The van der Waals surface area contributed by atoms with Gasteiger partial charge in [0.1, 0.15) is 18.7 Å². The van der Waals surface area contributed by atoms with E-state index in [1.807, 2.05) is 0 Å². The van der Waals surface area contributed by atoms with Gasteiger partial charge < -0.3 is 19.1 Å². The molecule has 0 N–H and O–H groups in total. The molecule has 1 atom stereocenters. The maximum Gasteiger partial charge on any atom is 0.153 e. The highest BCUT2D eigenvalue weighted by molar-refractivity contribution is 5.86. The molecular weight excluding hydrogens is 208 g/mol. The van der Waals surface area contributed by atoms with Crippen LogP contribution in [0.15, 0.2) is 24.3 Å². The van der Waals surface area contributed by atoms with Gasteiger partial charge in [0.15, 0.2) is 6.29 Å². The number of ether oxygens (including phenoxy) is 1. The van der Waals surface area contributed by atoms with Gasteiger partial charge in [-0.05, 0) is 11.1 Å². The summed E-state index contributed by atoms with van der Waals surface area (Å²) in [5.74, 6) is -0.853. The van der Waals surface area contributed by atoms with Gasteiger partial charge in [-0.15, -0.1) is 0 Å². The van der Waals surface area contributed by atoms with E-state index in [-0.39, 0.29) is 0 Å². The largest absolute Gasteiger partial charge is 0.369 e. The first-order valence-electron chi connectivity index (χ1n) is 4.76. The average Bonchev–Trinajstić information content (AvgIpc) is 2.34. The first-order chi connectivity index (χ1) is 7.78. The van der Waals surface area contributed by atoms with Gasteiger partial charge in [0.25, 0.3) is 0 Å². The minimum Gasteiger partial charge on any atom is -0.369 e. The first kappa shape index (κ1) is 12.3. The van der Waals surface area contributed by atoms with Crippen molar-refractivity contribution in [1.82, 2.24) is 0 Å². The molecule has 0 heterocycles. The Morgan fingerprint density at radius 3 is 2.00 bits per heavy atom. The number of carbonyl (C=O) groups excluding carboxylic acids is 3. The molecule has 0 aromatic heterocycles. The molecule has 0 bridgehead atoms.